The molecular formula is C24H46O2. The number of carbonyl (C=O) groups is 1. The SMILES string of the molecule is CCCCCCCCCCCC1OC(=O)C1CCCCCCCCCC. The van der Waals surface area contributed by atoms with E-state index >= 15 is 0 Å². The number of carbonyl (C=O) groups excluding carboxylic acids is 1. The largest absolute Gasteiger partial charge is 0.461 e. The van der Waals surface area contributed by atoms with Gasteiger partial charge in [-0.2, -0.15) is 0 Å². The summed E-state index contributed by atoms with van der Waals surface area (Å²) in [6.45, 7) is 4.54. The van der Waals surface area contributed by atoms with E-state index in [0.717, 1.165) is 12.8 Å². The van der Waals surface area contributed by atoms with Crippen molar-refractivity contribution in [3.8, 4) is 0 Å². The van der Waals surface area contributed by atoms with Crippen molar-refractivity contribution in [2.24, 2.45) is 5.92 Å². The van der Waals surface area contributed by atoms with E-state index in [4.69, 9.17) is 4.74 Å². The summed E-state index contributed by atoms with van der Waals surface area (Å²) in [5, 5.41) is 0. The topological polar surface area (TPSA) is 26.3 Å². The van der Waals surface area contributed by atoms with Crippen LogP contribution in [0.4, 0.5) is 0 Å². The van der Waals surface area contributed by atoms with Crippen LogP contribution in [0.25, 0.3) is 0 Å². The Hall–Kier alpha value is -0.530. The third-order valence-corrected chi connectivity index (χ3v) is 5.98. The molecule has 1 saturated heterocycles. The summed E-state index contributed by atoms with van der Waals surface area (Å²) in [5.74, 6) is 0.304. The van der Waals surface area contributed by atoms with Crippen molar-refractivity contribution in [2.75, 3.05) is 0 Å². The van der Waals surface area contributed by atoms with Gasteiger partial charge < -0.3 is 4.74 Å². The Labute approximate surface area is 163 Å². The van der Waals surface area contributed by atoms with Crippen molar-refractivity contribution in [1.82, 2.24) is 0 Å². The molecule has 0 amide bonds. The summed E-state index contributed by atoms with van der Waals surface area (Å²) in [6, 6.07) is 0. The Morgan fingerprint density at radius 3 is 1.38 bits per heavy atom. The Balaban J connectivity index is 1.90. The lowest BCUT2D eigenvalue weighted by molar-refractivity contribution is -0.186. The molecule has 0 radical (unpaired) electrons. The number of ether oxygens (including phenoxy) is 1. The van der Waals surface area contributed by atoms with E-state index in [-0.39, 0.29) is 18.0 Å². The summed E-state index contributed by atoms with van der Waals surface area (Å²) in [7, 11) is 0. The molecule has 1 aliphatic rings. The molecule has 2 nitrogen and oxygen atoms in total. The minimum Gasteiger partial charge on any atom is -0.461 e. The Bertz CT molecular complexity index is 326. The van der Waals surface area contributed by atoms with Crippen LogP contribution in [0.2, 0.25) is 0 Å². The zero-order valence-electron chi connectivity index (χ0n) is 17.9. The molecule has 0 bridgehead atoms. The number of unbranched alkanes of at least 4 members (excludes halogenated alkanes) is 15. The molecule has 0 spiro atoms. The van der Waals surface area contributed by atoms with Gasteiger partial charge in [0, 0.05) is 0 Å². The molecule has 1 rings (SSSR count). The van der Waals surface area contributed by atoms with Gasteiger partial charge in [0.1, 0.15) is 6.10 Å². The number of hydrogen-bond donors (Lipinski definition) is 0. The third kappa shape index (κ3) is 11.2. The van der Waals surface area contributed by atoms with Crippen LogP contribution in [-0.2, 0) is 9.53 Å². The second-order valence-corrected chi connectivity index (χ2v) is 8.46. The van der Waals surface area contributed by atoms with Crippen LogP contribution in [0, 0.1) is 5.92 Å². The van der Waals surface area contributed by atoms with Gasteiger partial charge in [-0.15, -0.1) is 0 Å². The predicted molar refractivity (Wildman–Crippen MR) is 112 cm³/mol. The number of rotatable bonds is 19. The second-order valence-electron chi connectivity index (χ2n) is 8.46. The summed E-state index contributed by atoms with van der Waals surface area (Å²) < 4.78 is 5.41. The first-order valence-corrected chi connectivity index (χ1v) is 12.0. The fourth-order valence-corrected chi connectivity index (χ4v) is 4.12. The van der Waals surface area contributed by atoms with Crippen LogP contribution in [0.5, 0.6) is 0 Å². The van der Waals surface area contributed by atoms with Gasteiger partial charge >= 0.3 is 5.97 Å². The maximum atomic E-state index is 11.7. The van der Waals surface area contributed by atoms with Crippen molar-refractivity contribution < 1.29 is 9.53 Å². The van der Waals surface area contributed by atoms with E-state index in [1.807, 2.05) is 0 Å². The summed E-state index contributed by atoms with van der Waals surface area (Å²) in [6.07, 6.45) is 25.4. The van der Waals surface area contributed by atoms with E-state index < -0.39 is 0 Å². The first kappa shape index (κ1) is 23.5. The second kappa shape index (κ2) is 16.6. The lowest BCUT2D eigenvalue weighted by Crippen LogP contribution is -2.44. The molecule has 0 aromatic rings. The minimum absolute atomic E-state index is 0.0777. The molecular weight excluding hydrogens is 320 g/mol. The smallest absolute Gasteiger partial charge is 0.313 e. The number of cyclic esters (lactones) is 1. The van der Waals surface area contributed by atoms with Gasteiger partial charge in [-0.1, -0.05) is 117 Å². The van der Waals surface area contributed by atoms with E-state index in [9.17, 15) is 4.79 Å². The molecule has 1 heterocycles. The molecule has 0 N–H and O–H groups in total. The van der Waals surface area contributed by atoms with Gasteiger partial charge in [0.2, 0.25) is 0 Å². The molecule has 0 aromatic heterocycles. The molecule has 1 aliphatic heterocycles. The fraction of sp³-hybridized carbons (Fsp3) is 0.958. The summed E-state index contributed by atoms with van der Waals surface area (Å²) in [4.78, 5) is 11.7. The van der Waals surface area contributed by atoms with Crippen LogP contribution in [0.1, 0.15) is 136 Å². The summed E-state index contributed by atoms with van der Waals surface area (Å²) in [5.41, 5.74) is 0. The number of hydrogen-bond acceptors (Lipinski definition) is 2. The monoisotopic (exact) mass is 366 g/mol. The van der Waals surface area contributed by atoms with Crippen molar-refractivity contribution in [3.63, 3.8) is 0 Å². The lowest BCUT2D eigenvalue weighted by Gasteiger charge is -2.35. The first-order valence-electron chi connectivity index (χ1n) is 12.0. The highest BCUT2D eigenvalue weighted by molar-refractivity contribution is 5.78. The van der Waals surface area contributed by atoms with Crippen LogP contribution in [0.3, 0.4) is 0 Å². The van der Waals surface area contributed by atoms with E-state index in [2.05, 4.69) is 13.8 Å². The van der Waals surface area contributed by atoms with E-state index in [1.54, 1.807) is 0 Å². The van der Waals surface area contributed by atoms with Gasteiger partial charge in [0.15, 0.2) is 0 Å². The van der Waals surface area contributed by atoms with Gasteiger partial charge in [-0.25, -0.2) is 0 Å². The molecule has 0 aliphatic carbocycles. The first-order chi connectivity index (χ1) is 12.8. The quantitative estimate of drug-likeness (QED) is 0.171. The van der Waals surface area contributed by atoms with Crippen LogP contribution in [0.15, 0.2) is 0 Å². The molecule has 2 atom stereocenters. The van der Waals surface area contributed by atoms with Gasteiger partial charge in [0.25, 0.3) is 0 Å². The molecule has 2 heteroatoms. The average Bonchev–Trinajstić information content (AvgIpc) is 2.64. The molecule has 0 saturated carbocycles. The number of esters is 1. The summed E-state index contributed by atoms with van der Waals surface area (Å²) >= 11 is 0. The van der Waals surface area contributed by atoms with Crippen LogP contribution in [-0.4, -0.2) is 12.1 Å². The van der Waals surface area contributed by atoms with Crippen molar-refractivity contribution in [3.05, 3.63) is 0 Å². The third-order valence-electron chi connectivity index (χ3n) is 5.98. The van der Waals surface area contributed by atoms with Crippen molar-refractivity contribution >= 4 is 5.97 Å². The predicted octanol–water partition coefficient (Wildman–Crippen LogP) is 7.98. The highest BCUT2D eigenvalue weighted by Crippen LogP contribution is 2.31. The molecule has 1 fully saturated rings. The van der Waals surface area contributed by atoms with Crippen molar-refractivity contribution in [1.29, 1.82) is 0 Å². The van der Waals surface area contributed by atoms with Crippen LogP contribution < -0.4 is 0 Å². The zero-order valence-corrected chi connectivity index (χ0v) is 17.9. The van der Waals surface area contributed by atoms with Crippen molar-refractivity contribution in [2.45, 2.75) is 142 Å². The minimum atomic E-state index is 0.0777. The average molecular weight is 367 g/mol. The van der Waals surface area contributed by atoms with E-state index in [0.29, 0.717) is 0 Å². The normalized spacial score (nSPS) is 19.4. The van der Waals surface area contributed by atoms with Gasteiger partial charge in [-0.3, -0.25) is 4.79 Å². The zero-order chi connectivity index (χ0) is 18.9. The fourth-order valence-electron chi connectivity index (χ4n) is 4.12. The highest BCUT2D eigenvalue weighted by atomic mass is 16.6. The van der Waals surface area contributed by atoms with Gasteiger partial charge in [0.05, 0.1) is 5.92 Å². The molecule has 2 unspecified atom stereocenters. The Kier molecular flexibility index (Phi) is 15.0. The maximum Gasteiger partial charge on any atom is 0.313 e. The van der Waals surface area contributed by atoms with E-state index in [1.165, 1.54) is 109 Å². The standard InChI is InChI=1S/C24H46O2/c1-3-5-7-9-11-13-15-17-19-21-23-22(24(25)26-23)20-18-16-14-12-10-8-6-4-2/h22-23H,3-21H2,1-2H3. The Morgan fingerprint density at radius 2 is 0.962 bits per heavy atom. The maximum absolute atomic E-state index is 11.7. The molecule has 26 heavy (non-hydrogen) atoms. The van der Waals surface area contributed by atoms with Crippen LogP contribution >= 0.6 is 0 Å². The molecule has 0 aromatic carbocycles. The Morgan fingerprint density at radius 1 is 0.577 bits per heavy atom. The highest BCUT2D eigenvalue weighted by Gasteiger charge is 2.40. The molecule has 154 valence electrons. The van der Waals surface area contributed by atoms with Gasteiger partial charge in [-0.05, 0) is 19.3 Å². The lowest BCUT2D eigenvalue weighted by atomic mass is 9.87.